The third-order valence-electron chi connectivity index (χ3n) is 5.80. The molecule has 3 N–H and O–H groups in total. The number of ether oxygens (including phenoxy) is 4. The maximum atomic E-state index is 11.2. The first kappa shape index (κ1) is 24.2. The highest BCUT2D eigenvalue weighted by atomic mass is 16.7. The van der Waals surface area contributed by atoms with Gasteiger partial charge in [0.15, 0.2) is 6.29 Å². The van der Waals surface area contributed by atoms with Gasteiger partial charge in [0.2, 0.25) is 0 Å². The summed E-state index contributed by atoms with van der Waals surface area (Å²) in [7, 11) is 1.61. The van der Waals surface area contributed by atoms with E-state index in [2.05, 4.69) is 5.32 Å². The van der Waals surface area contributed by atoms with Crippen LogP contribution in [0.5, 0.6) is 5.75 Å². The molecule has 4 rings (SSSR count). The van der Waals surface area contributed by atoms with Crippen LogP contribution in [-0.4, -0.2) is 54.6 Å². The van der Waals surface area contributed by atoms with Crippen LogP contribution >= 0.6 is 0 Å². The molecule has 5 atom stereocenters. The molecule has 7 heteroatoms. The molecule has 3 aromatic rings. The fraction of sp³-hybridized carbons (Fsp3) is 0.333. The van der Waals surface area contributed by atoms with Crippen LogP contribution in [-0.2, 0) is 27.4 Å². The van der Waals surface area contributed by atoms with Crippen molar-refractivity contribution in [1.82, 2.24) is 0 Å². The monoisotopic (exact) mass is 465 g/mol. The van der Waals surface area contributed by atoms with E-state index in [4.69, 9.17) is 18.9 Å². The molecule has 34 heavy (non-hydrogen) atoms. The molecule has 0 aromatic heterocycles. The van der Waals surface area contributed by atoms with Crippen molar-refractivity contribution in [3.8, 4) is 5.75 Å². The minimum Gasteiger partial charge on any atom is -0.497 e. The van der Waals surface area contributed by atoms with Crippen molar-refractivity contribution < 1.29 is 29.2 Å². The van der Waals surface area contributed by atoms with Crippen molar-refractivity contribution in [3.05, 3.63) is 96.1 Å². The summed E-state index contributed by atoms with van der Waals surface area (Å²) >= 11 is 0. The molecule has 0 saturated carbocycles. The molecule has 7 nitrogen and oxygen atoms in total. The number of anilines is 1. The number of rotatable bonds is 10. The standard InChI is InChI=1S/C27H31NO6/c1-31-22-14-12-21(13-15-22)28-24-25(29)23(18-32-16-19-8-4-2-5-9-19)34-27(30)26(24)33-17-20-10-6-3-7-11-20/h2-15,23-30H,16-18H2,1H3/t23-,24-,25+,26-,27?/m0/s1. The topological polar surface area (TPSA) is 89.4 Å². The lowest BCUT2D eigenvalue weighted by Crippen LogP contribution is -2.62. The average Bonchev–Trinajstić information content (AvgIpc) is 2.88. The van der Waals surface area contributed by atoms with Crippen LogP contribution in [0.4, 0.5) is 5.69 Å². The fourth-order valence-corrected chi connectivity index (χ4v) is 3.94. The van der Waals surface area contributed by atoms with Gasteiger partial charge in [0.25, 0.3) is 0 Å². The first-order chi connectivity index (χ1) is 16.6. The molecule has 180 valence electrons. The molecule has 1 fully saturated rings. The summed E-state index contributed by atoms with van der Waals surface area (Å²) in [5.41, 5.74) is 2.74. The second-order valence-corrected chi connectivity index (χ2v) is 8.22. The summed E-state index contributed by atoms with van der Waals surface area (Å²) in [6.45, 7) is 0.780. The minimum absolute atomic E-state index is 0.124. The van der Waals surface area contributed by atoms with Gasteiger partial charge in [0, 0.05) is 5.69 Å². The van der Waals surface area contributed by atoms with Gasteiger partial charge in [-0.2, -0.15) is 0 Å². The van der Waals surface area contributed by atoms with E-state index in [1.54, 1.807) is 7.11 Å². The molecular formula is C27H31NO6. The molecule has 3 aromatic carbocycles. The summed E-state index contributed by atoms with van der Waals surface area (Å²) in [6.07, 6.45) is -3.76. The molecule has 1 aliphatic rings. The van der Waals surface area contributed by atoms with Gasteiger partial charge in [-0.05, 0) is 35.4 Å². The molecule has 1 saturated heterocycles. The number of hydrogen-bond acceptors (Lipinski definition) is 7. The van der Waals surface area contributed by atoms with E-state index in [1.807, 2.05) is 84.9 Å². The zero-order valence-electron chi connectivity index (χ0n) is 19.1. The summed E-state index contributed by atoms with van der Waals surface area (Å²) in [5, 5.41) is 25.3. The summed E-state index contributed by atoms with van der Waals surface area (Å²) in [5.74, 6) is 0.724. The Labute approximate surface area is 199 Å². The predicted molar refractivity (Wildman–Crippen MR) is 128 cm³/mol. The Bertz CT molecular complexity index is 985. The van der Waals surface area contributed by atoms with E-state index < -0.39 is 30.6 Å². The molecule has 0 amide bonds. The van der Waals surface area contributed by atoms with Gasteiger partial charge in [0.1, 0.15) is 24.1 Å². The van der Waals surface area contributed by atoms with Crippen LogP contribution in [0.2, 0.25) is 0 Å². The van der Waals surface area contributed by atoms with E-state index >= 15 is 0 Å². The summed E-state index contributed by atoms with van der Waals surface area (Å²) in [4.78, 5) is 0. The van der Waals surface area contributed by atoms with Gasteiger partial charge in [-0.25, -0.2) is 0 Å². The number of aliphatic hydroxyl groups is 2. The van der Waals surface area contributed by atoms with Crippen LogP contribution in [0.3, 0.4) is 0 Å². The molecule has 0 bridgehead atoms. The Morgan fingerprint density at radius 1 is 0.824 bits per heavy atom. The molecule has 1 heterocycles. The van der Waals surface area contributed by atoms with Gasteiger partial charge in [-0.3, -0.25) is 0 Å². The Hall–Kier alpha value is -2.94. The fourth-order valence-electron chi connectivity index (χ4n) is 3.94. The van der Waals surface area contributed by atoms with Crippen molar-refractivity contribution in [1.29, 1.82) is 0 Å². The van der Waals surface area contributed by atoms with Crippen molar-refractivity contribution in [2.24, 2.45) is 0 Å². The predicted octanol–water partition coefficient (Wildman–Crippen LogP) is 3.36. The number of methoxy groups -OCH3 is 1. The van der Waals surface area contributed by atoms with Crippen molar-refractivity contribution >= 4 is 5.69 Å². The maximum absolute atomic E-state index is 11.2. The van der Waals surface area contributed by atoms with Crippen LogP contribution < -0.4 is 10.1 Å². The van der Waals surface area contributed by atoms with Gasteiger partial charge in [0.05, 0.1) is 33.0 Å². The number of aliphatic hydroxyl groups excluding tert-OH is 2. The number of nitrogens with one attached hydrogen (secondary N) is 1. The first-order valence-electron chi connectivity index (χ1n) is 11.3. The molecule has 1 aliphatic heterocycles. The Kier molecular flexibility index (Phi) is 8.51. The maximum Gasteiger partial charge on any atom is 0.183 e. The Balaban J connectivity index is 1.45. The normalized spacial score (nSPS) is 24.5. The van der Waals surface area contributed by atoms with Crippen LogP contribution in [0.15, 0.2) is 84.9 Å². The lowest BCUT2D eigenvalue weighted by Gasteiger charge is -2.43. The zero-order valence-corrected chi connectivity index (χ0v) is 19.1. The second-order valence-electron chi connectivity index (χ2n) is 8.22. The van der Waals surface area contributed by atoms with E-state index in [0.717, 1.165) is 22.6 Å². The second kappa shape index (κ2) is 12.0. The number of benzene rings is 3. The van der Waals surface area contributed by atoms with E-state index in [9.17, 15) is 10.2 Å². The molecular weight excluding hydrogens is 434 g/mol. The third kappa shape index (κ3) is 6.34. The van der Waals surface area contributed by atoms with Crippen molar-refractivity contribution in [3.63, 3.8) is 0 Å². The van der Waals surface area contributed by atoms with Gasteiger partial charge < -0.3 is 34.5 Å². The van der Waals surface area contributed by atoms with E-state index in [-0.39, 0.29) is 13.2 Å². The highest BCUT2D eigenvalue weighted by Crippen LogP contribution is 2.27. The average molecular weight is 466 g/mol. The largest absolute Gasteiger partial charge is 0.497 e. The molecule has 0 radical (unpaired) electrons. The molecule has 0 aliphatic carbocycles. The van der Waals surface area contributed by atoms with Gasteiger partial charge in [-0.1, -0.05) is 60.7 Å². The van der Waals surface area contributed by atoms with Crippen LogP contribution in [0, 0.1) is 0 Å². The first-order valence-corrected chi connectivity index (χ1v) is 11.3. The Morgan fingerprint density at radius 3 is 2.06 bits per heavy atom. The van der Waals surface area contributed by atoms with Crippen molar-refractivity contribution in [2.45, 2.75) is 43.9 Å². The van der Waals surface area contributed by atoms with E-state index in [0.29, 0.717) is 6.61 Å². The highest BCUT2D eigenvalue weighted by Gasteiger charge is 2.45. The molecule has 0 spiro atoms. The van der Waals surface area contributed by atoms with E-state index in [1.165, 1.54) is 0 Å². The quantitative estimate of drug-likeness (QED) is 0.423. The van der Waals surface area contributed by atoms with Gasteiger partial charge >= 0.3 is 0 Å². The smallest absolute Gasteiger partial charge is 0.183 e. The zero-order chi connectivity index (χ0) is 23.8. The Morgan fingerprint density at radius 2 is 1.44 bits per heavy atom. The number of hydrogen-bond donors (Lipinski definition) is 3. The molecule has 1 unspecified atom stereocenters. The summed E-state index contributed by atoms with van der Waals surface area (Å²) in [6, 6.07) is 26.1. The van der Waals surface area contributed by atoms with Crippen LogP contribution in [0.25, 0.3) is 0 Å². The summed E-state index contributed by atoms with van der Waals surface area (Å²) < 4.78 is 22.8. The lowest BCUT2D eigenvalue weighted by atomic mass is 9.95. The van der Waals surface area contributed by atoms with Crippen molar-refractivity contribution in [2.75, 3.05) is 19.0 Å². The SMILES string of the molecule is COc1ccc(N[C@H]2[C@H](O)[C@H](COCc3ccccc3)OC(O)[C@H]2OCc2ccccc2)cc1. The minimum atomic E-state index is -1.24. The highest BCUT2D eigenvalue weighted by molar-refractivity contribution is 5.47. The van der Waals surface area contributed by atoms with Crippen LogP contribution in [0.1, 0.15) is 11.1 Å². The van der Waals surface area contributed by atoms with Gasteiger partial charge in [-0.15, -0.1) is 0 Å². The lowest BCUT2D eigenvalue weighted by molar-refractivity contribution is -0.270. The third-order valence-corrected chi connectivity index (χ3v) is 5.80.